The van der Waals surface area contributed by atoms with E-state index >= 15 is 0 Å². The molecule has 0 aliphatic carbocycles. The van der Waals surface area contributed by atoms with E-state index in [1.54, 1.807) is 4.57 Å². The van der Waals surface area contributed by atoms with Crippen molar-refractivity contribution in [2.45, 2.75) is 47.5 Å². The zero-order valence-corrected chi connectivity index (χ0v) is 24.7. The number of carbonyl (C=O) groups is 1. The molecule has 0 bridgehead atoms. The molecule has 4 rings (SSSR count). The van der Waals surface area contributed by atoms with Crippen LogP contribution in [0.4, 0.5) is 10.6 Å². The van der Waals surface area contributed by atoms with Crippen molar-refractivity contribution in [1.82, 2.24) is 19.4 Å². The number of benzene rings is 1. The Labute approximate surface area is 214 Å². The Morgan fingerprint density at radius 1 is 1.17 bits per heavy atom. The van der Waals surface area contributed by atoms with Gasteiger partial charge in [-0.25, -0.2) is 0 Å². The molecule has 1 atom stereocenters. The van der Waals surface area contributed by atoms with E-state index in [0.717, 1.165) is 15.0 Å². The summed E-state index contributed by atoms with van der Waals surface area (Å²) in [5, 5.41) is 10.7. The van der Waals surface area contributed by atoms with Crippen LogP contribution in [-0.2, 0) is 0 Å². The van der Waals surface area contributed by atoms with Gasteiger partial charge in [-0.15, -0.1) is 0 Å². The number of aromatic nitrogens is 3. The summed E-state index contributed by atoms with van der Waals surface area (Å²) in [6.07, 6.45) is -0.943. The number of pyridine rings is 1. The number of carboxylic acid groups (broad SMARTS) is 1. The summed E-state index contributed by atoms with van der Waals surface area (Å²) in [5.74, 6) is 0.705. The van der Waals surface area contributed by atoms with Gasteiger partial charge in [0, 0.05) is 0 Å². The average Bonchev–Trinajstić information content (AvgIpc) is 2.77. The van der Waals surface area contributed by atoms with Crippen molar-refractivity contribution in [2.75, 3.05) is 24.5 Å². The standard InChI is InChI=1S/C22H23ClN5O3.3CH3.Sn/c1-13(2)16-6-4-5-7-18(16)28-19-17(10-15(23)11-24-19)20(25-21(28)29)27-9-8-26(22(30)31)12-14(27)3;;;;/h4-7,10,13-14H,8-9,12H2,1-3H3,(H,30,31);3*1H3;. The molecule has 2 aromatic heterocycles. The number of para-hydroxylation sites is 1. The minimum atomic E-state index is -2.74. The second-order valence-corrected chi connectivity index (χ2v) is 25.1. The third-order valence-corrected chi connectivity index (χ3v) is 12.4. The van der Waals surface area contributed by atoms with Gasteiger partial charge in [0.05, 0.1) is 0 Å². The van der Waals surface area contributed by atoms with Crippen LogP contribution in [0.15, 0.2) is 35.1 Å². The first kappa shape index (κ1) is 25.8. The number of fused-ring (bicyclic) bond motifs is 1. The summed E-state index contributed by atoms with van der Waals surface area (Å²) in [6.45, 7) is 7.23. The van der Waals surface area contributed by atoms with Crippen molar-refractivity contribution in [3.8, 4) is 5.69 Å². The molecule has 186 valence electrons. The molecule has 35 heavy (non-hydrogen) atoms. The first-order valence-corrected chi connectivity index (χ1v) is 22.2. The van der Waals surface area contributed by atoms with Crippen LogP contribution in [0.3, 0.4) is 0 Å². The number of nitrogens with zero attached hydrogens (tertiary/aromatic N) is 5. The zero-order valence-electron chi connectivity index (χ0n) is 21.0. The quantitative estimate of drug-likeness (QED) is 0.447. The van der Waals surface area contributed by atoms with Crippen molar-refractivity contribution >= 4 is 56.6 Å². The molecule has 1 aliphatic heterocycles. The molecule has 3 heterocycles. The molecule has 1 aliphatic rings. The van der Waals surface area contributed by atoms with Crippen LogP contribution in [0.2, 0.25) is 19.8 Å². The fraction of sp³-hybridized carbons (Fsp3) is 0.440. The Kier molecular flexibility index (Phi) is 7.07. The van der Waals surface area contributed by atoms with Crippen molar-refractivity contribution in [2.24, 2.45) is 0 Å². The maximum atomic E-state index is 13.7. The van der Waals surface area contributed by atoms with Gasteiger partial charge in [0.1, 0.15) is 0 Å². The second kappa shape index (κ2) is 9.61. The maximum absolute atomic E-state index is 13.7. The number of anilines is 1. The fourth-order valence-corrected chi connectivity index (χ4v) is 10.3. The second-order valence-electron chi connectivity index (χ2n) is 10.5. The molecule has 1 N–H and O–H groups in total. The number of rotatable bonds is 4. The summed E-state index contributed by atoms with van der Waals surface area (Å²) >= 11 is 4.05. The number of amides is 1. The Morgan fingerprint density at radius 3 is 2.46 bits per heavy atom. The summed E-state index contributed by atoms with van der Waals surface area (Å²) in [7, 11) is 0. The van der Waals surface area contributed by atoms with Gasteiger partial charge in [0.15, 0.2) is 0 Å². The van der Waals surface area contributed by atoms with Crippen molar-refractivity contribution in [3.63, 3.8) is 0 Å². The topological polar surface area (TPSA) is 91.6 Å². The van der Waals surface area contributed by atoms with Gasteiger partial charge in [-0.2, -0.15) is 0 Å². The summed E-state index contributed by atoms with van der Waals surface area (Å²) in [6, 6.07) is 9.59. The van der Waals surface area contributed by atoms with Crippen LogP contribution in [0.5, 0.6) is 0 Å². The molecule has 1 amide bonds. The van der Waals surface area contributed by atoms with Gasteiger partial charge >= 0.3 is 215 Å². The SMILES string of the molecule is CC(C)c1ccccc1-n1c(=O)nc(N2CCN(C(=O)O)CC2C)c2cc(Cl)[c]([Sn]([CH3])([CH3])[CH3])nc21. The summed E-state index contributed by atoms with van der Waals surface area (Å²) < 4.78 is 2.52. The average molecular weight is 605 g/mol. The Bertz CT molecular complexity index is 1350. The van der Waals surface area contributed by atoms with Gasteiger partial charge in [-0.3, -0.25) is 0 Å². The number of hydrogen-bond donors (Lipinski definition) is 1. The third-order valence-electron chi connectivity index (χ3n) is 6.48. The first-order valence-electron chi connectivity index (χ1n) is 11.9. The molecule has 1 unspecified atom stereocenters. The van der Waals surface area contributed by atoms with Crippen molar-refractivity contribution in [1.29, 1.82) is 0 Å². The third kappa shape index (κ3) is 4.87. The van der Waals surface area contributed by atoms with Crippen molar-refractivity contribution in [3.05, 3.63) is 51.4 Å². The Morgan fingerprint density at radius 2 is 1.86 bits per heavy atom. The molecular formula is C25H32ClN5O3Sn. The van der Waals surface area contributed by atoms with E-state index in [0.29, 0.717) is 41.5 Å². The molecule has 10 heteroatoms. The molecule has 3 aromatic rings. The molecule has 0 spiro atoms. The van der Waals surface area contributed by atoms with E-state index in [1.165, 1.54) is 4.90 Å². The van der Waals surface area contributed by atoms with Gasteiger partial charge in [-0.05, 0) is 0 Å². The van der Waals surface area contributed by atoms with E-state index in [1.807, 2.05) is 42.2 Å². The van der Waals surface area contributed by atoms with E-state index in [9.17, 15) is 14.7 Å². The van der Waals surface area contributed by atoms with Gasteiger partial charge in [-0.1, -0.05) is 0 Å². The Hall–Kier alpha value is -2.33. The van der Waals surface area contributed by atoms with Crippen LogP contribution in [0.25, 0.3) is 16.7 Å². The number of hydrogen-bond acceptors (Lipinski definition) is 5. The van der Waals surface area contributed by atoms with E-state index in [-0.39, 0.29) is 12.0 Å². The van der Waals surface area contributed by atoms with Crippen molar-refractivity contribution < 1.29 is 9.90 Å². The molecule has 1 aromatic carbocycles. The Balaban J connectivity index is 2.02. The van der Waals surface area contributed by atoms with E-state index in [2.05, 4.69) is 33.7 Å². The molecule has 0 saturated carbocycles. The minimum absolute atomic E-state index is 0.158. The van der Waals surface area contributed by atoms with E-state index < -0.39 is 30.2 Å². The van der Waals surface area contributed by atoms with Crippen LogP contribution in [0, 0.1) is 0 Å². The zero-order chi connectivity index (χ0) is 25.7. The van der Waals surface area contributed by atoms with Gasteiger partial charge in [0.25, 0.3) is 0 Å². The normalized spacial score (nSPS) is 16.9. The molecule has 0 radical (unpaired) electrons. The van der Waals surface area contributed by atoms with E-state index in [4.69, 9.17) is 16.6 Å². The molecule has 1 saturated heterocycles. The predicted molar refractivity (Wildman–Crippen MR) is 144 cm³/mol. The first-order chi connectivity index (χ1) is 16.4. The summed E-state index contributed by atoms with van der Waals surface area (Å²) in [4.78, 5) is 44.9. The van der Waals surface area contributed by atoms with Crippen LogP contribution in [0.1, 0.15) is 32.3 Å². The van der Waals surface area contributed by atoms with Crippen LogP contribution in [-0.4, -0.2) is 74.7 Å². The molecule has 1 fully saturated rings. The predicted octanol–water partition coefficient (Wildman–Crippen LogP) is 4.29. The number of halogens is 1. The van der Waals surface area contributed by atoms with Crippen LogP contribution < -0.4 is 14.3 Å². The van der Waals surface area contributed by atoms with Gasteiger partial charge in [0.2, 0.25) is 0 Å². The fourth-order valence-electron chi connectivity index (χ4n) is 4.69. The number of piperazine rings is 1. The monoisotopic (exact) mass is 605 g/mol. The molecular weight excluding hydrogens is 572 g/mol. The van der Waals surface area contributed by atoms with Crippen LogP contribution >= 0.6 is 11.6 Å². The van der Waals surface area contributed by atoms with Gasteiger partial charge < -0.3 is 0 Å². The summed E-state index contributed by atoms with van der Waals surface area (Å²) in [5.41, 5.74) is 1.95. The molecule has 8 nitrogen and oxygen atoms in total.